The van der Waals surface area contributed by atoms with Crippen LogP contribution in [0.5, 0.6) is 0 Å². The van der Waals surface area contributed by atoms with Crippen molar-refractivity contribution in [3.05, 3.63) is 145 Å². The van der Waals surface area contributed by atoms with Crippen molar-refractivity contribution in [2.75, 3.05) is 0 Å². The molecule has 0 saturated heterocycles. The number of rotatable bonds is 5. The Bertz CT molecular complexity index is 2370. The van der Waals surface area contributed by atoms with Crippen molar-refractivity contribution in [2.24, 2.45) is 0 Å². The first-order chi connectivity index (χ1) is 23.1. The zero-order valence-electron chi connectivity index (χ0n) is 28.7. The van der Waals surface area contributed by atoms with E-state index in [1.54, 1.807) is 0 Å². The van der Waals surface area contributed by atoms with Gasteiger partial charge in [-0.25, -0.2) is 0 Å². The molecule has 3 heterocycles. The van der Waals surface area contributed by atoms with Crippen LogP contribution in [0.2, 0.25) is 19.6 Å². The standard InChI is InChI=1S/C25H15N2O.C17H22NSi.Ir/c1-2-9-17(10-3-1)27-22-15-6-5-14-21(22)26-25(27)20-13-8-12-19-18-11-4-7-16-23(18)28-24(19)20;1-13(2)15-11-16(14-9-7-6-8-10-14)18-12-17(15)19(3,4)5;/h1-12,14-16H;6-9,11-13H,1-5H3;/q2*-1;/i;13D;. The molecule has 0 unspecified atom stereocenters. The molecule has 0 aliphatic heterocycles. The van der Waals surface area contributed by atoms with Gasteiger partial charge in [0, 0.05) is 38.7 Å². The van der Waals surface area contributed by atoms with Crippen LogP contribution in [0, 0.1) is 12.1 Å². The van der Waals surface area contributed by atoms with Gasteiger partial charge in [0.05, 0.1) is 30.5 Å². The summed E-state index contributed by atoms with van der Waals surface area (Å²) in [6, 6.07) is 47.1. The quantitative estimate of drug-likeness (QED) is 0.128. The third-order valence-corrected chi connectivity index (χ3v) is 10.4. The van der Waals surface area contributed by atoms with Crippen molar-refractivity contribution in [1.82, 2.24) is 14.5 Å². The van der Waals surface area contributed by atoms with E-state index in [-0.39, 0.29) is 20.1 Å². The van der Waals surface area contributed by atoms with E-state index in [1.807, 2.05) is 105 Å². The molecule has 0 fully saturated rings. The Balaban J connectivity index is 0.000000177. The fraction of sp³-hybridized carbons (Fsp3) is 0.143. The molecule has 241 valence electrons. The summed E-state index contributed by atoms with van der Waals surface area (Å²) in [5, 5.41) is 3.46. The van der Waals surface area contributed by atoms with Gasteiger partial charge in [0.1, 0.15) is 5.58 Å². The Morgan fingerprint density at radius 2 is 1.52 bits per heavy atom. The summed E-state index contributed by atoms with van der Waals surface area (Å²) in [5.41, 5.74) is 8.62. The SMILES string of the molecule is [2H]C(C)(C)c1cc(-c2[c-]cccc2)ncc1[Si](C)(C)C.[Ir].[c-]1ccc2c(oc3ccccc32)c1-c1nc2ccccc2n1-c1ccccc1. The van der Waals surface area contributed by atoms with Crippen LogP contribution in [0.25, 0.3) is 61.3 Å². The Morgan fingerprint density at radius 3 is 2.27 bits per heavy atom. The van der Waals surface area contributed by atoms with Gasteiger partial charge in [-0.2, -0.15) is 0 Å². The van der Waals surface area contributed by atoms with Crippen molar-refractivity contribution in [1.29, 1.82) is 0 Å². The number of hydrogen-bond acceptors (Lipinski definition) is 3. The zero-order valence-corrected chi connectivity index (χ0v) is 31.1. The molecule has 0 N–H and O–H groups in total. The Morgan fingerprint density at radius 1 is 0.792 bits per heavy atom. The van der Waals surface area contributed by atoms with E-state index in [2.05, 4.69) is 77.7 Å². The van der Waals surface area contributed by atoms with Gasteiger partial charge in [-0.3, -0.25) is 4.98 Å². The second kappa shape index (κ2) is 13.9. The maximum atomic E-state index is 8.44. The van der Waals surface area contributed by atoms with Crippen LogP contribution in [-0.2, 0) is 20.1 Å². The largest absolute Gasteiger partial charge is 0.501 e. The van der Waals surface area contributed by atoms with E-state index in [9.17, 15) is 0 Å². The topological polar surface area (TPSA) is 43.9 Å². The molecule has 48 heavy (non-hydrogen) atoms. The molecule has 0 atom stereocenters. The minimum Gasteiger partial charge on any atom is -0.501 e. The van der Waals surface area contributed by atoms with Gasteiger partial charge in [0.15, 0.2) is 0 Å². The first kappa shape index (κ1) is 32.0. The molecule has 8 aromatic rings. The van der Waals surface area contributed by atoms with Gasteiger partial charge in [0.2, 0.25) is 0 Å². The minimum atomic E-state index is -1.50. The summed E-state index contributed by atoms with van der Waals surface area (Å²) in [6.45, 7) is 10.8. The summed E-state index contributed by atoms with van der Waals surface area (Å²) in [7, 11) is -1.50. The van der Waals surface area contributed by atoms with E-state index in [0.717, 1.165) is 66.9 Å². The van der Waals surface area contributed by atoms with Crippen LogP contribution < -0.4 is 5.19 Å². The monoisotopic (exact) mass is 821 g/mol. The molecule has 0 spiro atoms. The second-order valence-electron chi connectivity index (χ2n) is 12.9. The number of nitrogens with zero attached hydrogens (tertiary/aromatic N) is 3. The summed E-state index contributed by atoms with van der Waals surface area (Å²) < 4.78 is 16.9. The van der Waals surface area contributed by atoms with Crippen molar-refractivity contribution in [2.45, 2.75) is 39.4 Å². The number of pyridine rings is 1. The molecule has 0 aliphatic carbocycles. The molecule has 6 heteroatoms. The molecule has 8 rings (SSSR count). The van der Waals surface area contributed by atoms with Crippen LogP contribution in [0.1, 0.15) is 26.7 Å². The van der Waals surface area contributed by atoms with Gasteiger partial charge in [0.25, 0.3) is 0 Å². The fourth-order valence-electron chi connectivity index (χ4n) is 6.06. The van der Waals surface area contributed by atoms with Crippen molar-refractivity contribution >= 4 is 46.2 Å². The predicted octanol–water partition coefficient (Wildman–Crippen LogP) is 10.6. The maximum Gasteiger partial charge on any atom is 0.120 e. The molecular weight excluding hydrogens is 783 g/mol. The molecule has 0 amide bonds. The van der Waals surface area contributed by atoms with Gasteiger partial charge < -0.3 is 14.0 Å². The normalized spacial score (nSPS) is 12.0. The summed E-state index contributed by atoms with van der Waals surface area (Å²) in [6.07, 6.45) is 1.98. The number of para-hydroxylation sites is 4. The average molecular weight is 821 g/mol. The maximum absolute atomic E-state index is 8.44. The molecule has 0 aliphatic rings. The number of furan rings is 1. The van der Waals surface area contributed by atoms with Crippen LogP contribution >= 0.6 is 0 Å². The number of hydrogen-bond donors (Lipinski definition) is 0. The fourth-order valence-corrected chi connectivity index (χ4v) is 7.64. The first-order valence-electron chi connectivity index (χ1n) is 16.4. The molecule has 0 bridgehead atoms. The zero-order chi connectivity index (χ0) is 33.5. The Hall–Kier alpha value is -4.61. The van der Waals surface area contributed by atoms with Gasteiger partial charge >= 0.3 is 0 Å². The first-order valence-corrected chi connectivity index (χ1v) is 19.4. The van der Waals surface area contributed by atoms with Crippen LogP contribution in [0.3, 0.4) is 0 Å². The third-order valence-electron chi connectivity index (χ3n) is 8.37. The van der Waals surface area contributed by atoms with E-state index in [1.165, 1.54) is 5.19 Å². The van der Waals surface area contributed by atoms with Crippen molar-refractivity contribution in [3.63, 3.8) is 0 Å². The number of benzene rings is 5. The number of aromatic nitrogens is 3. The summed E-state index contributed by atoms with van der Waals surface area (Å²) >= 11 is 0. The smallest absolute Gasteiger partial charge is 0.120 e. The molecule has 1 radical (unpaired) electrons. The Kier molecular flexibility index (Phi) is 9.23. The molecule has 4 nitrogen and oxygen atoms in total. The predicted molar refractivity (Wildman–Crippen MR) is 198 cm³/mol. The minimum absolute atomic E-state index is 0. The van der Waals surface area contributed by atoms with Gasteiger partial charge in [-0.15, -0.1) is 54.1 Å². The molecule has 3 aromatic heterocycles. The molecule has 5 aromatic carbocycles. The van der Waals surface area contributed by atoms with E-state index in [0.29, 0.717) is 0 Å². The van der Waals surface area contributed by atoms with Gasteiger partial charge in [-0.05, 0) is 47.1 Å². The Labute approximate surface area is 298 Å². The van der Waals surface area contributed by atoms with Crippen molar-refractivity contribution < 1.29 is 25.9 Å². The van der Waals surface area contributed by atoms with Crippen molar-refractivity contribution in [3.8, 4) is 28.3 Å². The van der Waals surface area contributed by atoms with Crippen LogP contribution in [-0.4, -0.2) is 22.6 Å². The second-order valence-corrected chi connectivity index (χ2v) is 18.0. The van der Waals surface area contributed by atoms with Crippen LogP contribution in [0.4, 0.5) is 0 Å². The van der Waals surface area contributed by atoms with Gasteiger partial charge in [-0.1, -0.05) is 105 Å². The molecule has 0 saturated carbocycles. The van der Waals surface area contributed by atoms with E-state index < -0.39 is 14.0 Å². The van der Waals surface area contributed by atoms with E-state index in [4.69, 9.17) is 10.8 Å². The third kappa shape index (κ3) is 6.44. The molecular formula is C42H37IrN3OSi-2. The van der Waals surface area contributed by atoms with Crippen LogP contribution in [0.15, 0.2) is 132 Å². The summed E-state index contributed by atoms with van der Waals surface area (Å²) in [4.78, 5) is 9.56. The number of imidazole rings is 1. The average Bonchev–Trinajstić information content (AvgIpc) is 3.67. The van der Waals surface area contributed by atoms with E-state index >= 15 is 0 Å². The summed E-state index contributed by atoms with van der Waals surface area (Å²) in [5.74, 6) is 0.222. The number of fused-ring (bicyclic) bond motifs is 4.